The fourth-order valence-corrected chi connectivity index (χ4v) is 4.06. The van der Waals surface area contributed by atoms with Crippen LogP contribution in [0.3, 0.4) is 0 Å². The molecule has 1 aromatic carbocycles. The molecule has 2 aromatic rings. The Morgan fingerprint density at radius 1 is 0.964 bits per heavy atom. The maximum absolute atomic E-state index is 6.65. The number of benzene rings is 1. The number of aromatic nitrogens is 1. The van der Waals surface area contributed by atoms with Gasteiger partial charge in [-0.2, -0.15) is 0 Å². The van der Waals surface area contributed by atoms with Crippen molar-refractivity contribution in [3.8, 4) is 5.69 Å². The molecule has 0 radical (unpaired) electrons. The molecule has 2 heteroatoms. The van der Waals surface area contributed by atoms with Crippen LogP contribution in [0, 0.1) is 5.41 Å². The van der Waals surface area contributed by atoms with Crippen LogP contribution in [0.5, 0.6) is 0 Å². The van der Waals surface area contributed by atoms with Crippen molar-refractivity contribution in [1.29, 1.82) is 0 Å². The number of anilines is 1. The molecule has 3 rings (SSSR count). The first kappa shape index (κ1) is 19.5. The lowest BCUT2D eigenvalue weighted by molar-refractivity contribution is 0.626. The van der Waals surface area contributed by atoms with Crippen molar-refractivity contribution < 1.29 is 0 Å². The Kier molecular flexibility index (Phi) is 5.41. The van der Waals surface area contributed by atoms with E-state index in [2.05, 4.69) is 57.4 Å². The molecule has 0 spiro atoms. The molecule has 1 aliphatic rings. The Labute approximate surface area is 168 Å². The highest BCUT2D eigenvalue weighted by molar-refractivity contribution is 5.91. The number of nitrogens with zero attached hydrogens (tertiary/aromatic N) is 1. The van der Waals surface area contributed by atoms with E-state index in [4.69, 9.17) is 5.73 Å². The van der Waals surface area contributed by atoms with E-state index < -0.39 is 0 Å². The van der Waals surface area contributed by atoms with Crippen LogP contribution in [0.15, 0.2) is 109 Å². The summed E-state index contributed by atoms with van der Waals surface area (Å²) in [6.45, 7) is 14.6. The predicted molar refractivity (Wildman–Crippen MR) is 122 cm³/mol. The molecule has 0 amide bonds. The average molecular weight is 369 g/mol. The van der Waals surface area contributed by atoms with Gasteiger partial charge < -0.3 is 10.3 Å². The minimum atomic E-state index is -0.224. The van der Waals surface area contributed by atoms with Crippen LogP contribution < -0.4 is 5.73 Å². The van der Waals surface area contributed by atoms with Gasteiger partial charge in [-0.25, -0.2) is 0 Å². The number of nitrogen functional groups attached to an aromatic ring is 1. The summed E-state index contributed by atoms with van der Waals surface area (Å²) in [6, 6.07) is 12.3. The van der Waals surface area contributed by atoms with E-state index in [0.29, 0.717) is 0 Å². The van der Waals surface area contributed by atoms with E-state index in [9.17, 15) is 0 Å². The van der Waals surface area contributed by atoms with Gasteiger partial charge >= 0.3 is 0 Å². The van der Waals surface area contributed by atoms with Crippen molar-refractivity contribution in [2.45, 2.75) is 20.8 Å². The molecule has 142 valence electrons. The van der Waals surface area contributed by atoms with Crippen molar-refractivity contribution in [2.75, 3.05) is 5.73 Å². The van der Waals surface area contributed by atoms with E-state index in [0.717, 1.165) is 28.2 Å². The Morgan fingerprint density at radius 3 is 2.29 bits per heavy atom. The van der Waals surface area contributed by atoms with Crippen molar-refractivity contribution >= 4 is 11.4 Å². The topological polar surface area (TPSA) is 30.9 Å². The zero-order valence-electron chi connectivity index (χ0n) is 16.9. The number of allylic oxidation sites excluding steroid dienone is 10. The Hall–Kier alpha value is -3.26. The summed E-state index contributed by atoms with van der Waals surface area (Å²) in [5, 5.41) is 0. The minimum Gasteiger partial charge on any atom is -0.384 e. The normalized spacial score (nSPS) is 16.5. The maximum atomic E-state index is 6.65. The average Bonchev–Trinajstić information content (AvgIpc) is 3.16. The fourth-order valence-electron chi connectivity index (χ4n) is 4.06. The molecule has 0 fully saturated rings. The van der Waals surface area contributed by atoms with E-state index in [-0.39, 0.29) is 5.41 Å². The third-order valence-corrected chi connectivity index (χ3v) is 5.35. The Morgan fingerprint density at radius 2 is 1.68 bits per heavy atom. The summed E-state index contributed by atoms with van der Waals surface area (Å²) >= 11 is 0. The highest BCUT2D eigenvalue weighted by Crippen LogP contribution is 2.53. The van der Waals surface area contributed by atoms with Gasteiger partial charge in [0.15, 0.2) is 0 Å². The highest BCUT2D eigenvalue weighted by Gasteiger charge is 2.38. The maximum Gasteiger partial charge on any atom is 0.115 e. The summed E-state index contributed by atoms with van der Waals surface area (Å²) < 4.78 is 2.03. The molecular weight excluding hydrogens is 340 g/mol. The first-order valence-electron chi connectivity index (χ1n) is 9.54. The molecule has 2 N–H and O–H groups in total. The molecule has 0 bridgehead atoms. The smallest absolute Gasteiger partial charge is 0.115 e. The van der Waals surface area contributed by atoms with Gasteiger partial charge in [0.05, 0.1) is 0 Å². The van der Waals surface area contributed by atoms with E-state index in [1.165, 1.54) is 11.1 Å². The summed E-state index contributed by atoms with van der Waals surface area (Å²) in [5.41, 5.74) is 13.1. The van der Waals surface area contributed by atoms with Gasteiger partial charge in [-0.05, 0) is 47.4 Å². The molecule has 28 heavy (non-hydrogen) atoms. The van der Waals surface area contributed by atoms with Crippen molar-refractivity contribution in [1.82, 2.24) is 4.57 Å². The van der Waals surface area contributed by atoms with Gasteiger partial charge in [0.25, 0.3) is 0 Å². The summed E-state index contributed by atoms with van der Waals surface area (Å²) in [5.74, 6) is 0.736. The minimum absolute atomic E-state index is 0.224. The monoisotopic (exact) mass is 368 g/mol. The fraction of sp³-hybridized carbons (Fsp3) is 0.154. The molecule has 0 saturated heterocycles. The summed E-state index contributed by atoms with van der Waals surface area (Å²) in [6.07, 6.45) is 14.2. The van der Waals surface area contributed by atoms with Gasteiger partial charge in [0.2, 0.25) is 0 Å². The van der Waals surface area contributed by atoms with Crippen molar-refractivity contribution in [3.63, 3.8) is 0 Å². The molecule has 2 nitrogen and oxygen atoms in total. The van der Waals surface area contributed by atoms with Crippen molar-refractivity contribution in [2.24, 2.45) is 5.41 Å². The zero-order valence-corrected chi connectivity index (χ0v) is 16.9. The standard InChI is InChI=1S/C26H28N2/c1-6-9-11-16-21-20(7-2)23(8-3)26(4,5)24(21)22-17-18-28(25(22)27)19-14-12-10-13-15-19/h6-18H,2-3,27H2,1,4-5H3/b9-6+,16-11-. The van der Waals surface area contributed by atoms with Gasteiger partial charge in [-0.1, -0.05) is 81.7 Å². The Balaban J connectivity index is 2.25. The van der Waals surface area contributed by atoms with Gasteiger partial charge in [-0.15, -0.1) is 0 Å². The molecule has 0 aliphatic heterocycles. The number of para-hydroxylation sites is 1. The number of hydrogen-bond acceptors (Lipinski definition) is 1. The van der Waals surface area contributed by atoms with Gasteiger partial charge in [-0.3, -0.25) is 0 Å². The molecule has 1 aliphatic carbocycles. The van der Waals surface area contributed by atoms with E-state index >= 15 is 0 Å². The number of hydrogen-bond donors (Lipinski definition) is 1. The van der Waals surface area contributed by atoms with E-state index in [1.807, 2.05) is 60.2 Å². The lowest BCUT2D eigenvalue weighted by Gasteiger charge is -2.26. The largest absolute Gasteiger partial charge is 0.384 e. The van der Waals surface area contributed by atoms with Gasteiger partial charge in [0, 0.05) is 22.9 Å². The predicted octanol–water partition coefficient (Wildman–Crippen LogP) is 6.65. The quantitative estimate of drug-likeness (QED) is 0.568. The van der Waals surface area contributed by atoms with Crippen molar-refractivity contribution in [3.05, 3.63) is 114 Å². The molecule has 0 atom stereocenters. The third-order valence-electron chi connectivity index (χ3n) is 5.35. The first-order valence-corrected chi connectivity index (χ1v) is 9.54. The molecule has 0 saturated carbocycles. The summed E-state index contributed by atoms with van der Waals surface area (Å²) in [4.78, 5) is 0. The lowest BCUT2D eigenvalue weighted by atomic mass is 9.77. The second-order valence-electron chi connectivity index (χ2n) is 7.35. The summed E-state index contributed by atoms with van der Waals surface area (Å²) in [7, 11) is 0. The first-order chi connectivity index (χ1) is 13.5. The molecule has 1 heterocycles. The van der Waals surface area contributed by atoms with Crippen LogP contribution in [0.1, 0.15) is 26.3 Å². The van der Waals surface area contributed by atoms with Gasteiger partial charge in [0.1, 0.15) is 5.82 Å². The van der Waals surface area contributed by atoms with Crippen LogP contribution >= 0.6 is 0 Å². The Bertz CT molecular complexity index is 1020. The van der Waals surface area contributed by atoms with Crippen LogP contribution in [0.2, 0.25) is 0 Å². The second-order valence-corrected chi connectivity index (χ2v) is 7.35. The van der Waals surface area contributed by atoms with Crippen LogP contribution in [0.25, 0.3) is 11.3 Å². The van der Waals surface area contributed by atoms with Crippen LogP contribution in [-0.4, -0.2) is 4.57 Å². The SMILES string of the molecule is C=CC1=C(C=C)C(C)(C)C(c2ccn(-c3ccccc3)c2N)=C1/C=C\C=C\C. The molecule has 1 aromatic heterocycles. The second kappa shape index (κ2) is 7.77. The zero-order chi connectivity index (χ0) is 20.3. The number of rotatable bonds is 6. The number of nitrogens with two attached hydrogens (primary N) is 1. The van der Waals surface area contributed by atoms with Crippen LogP contribution in [0.4, 0.5) is 5.82 Å². The highest BCUT2D eigenvalue weighted by atomic mass is 15.0. The van der Waals surface area contributed by atoms with Crippen LogP contribution in [-0.2, 0) is 0 Å². The molecular formula is C26H28N2. The third kappa shape index (κ3) is 3.11. The molecule has 0 unspecified atom stereocenters. The lowest BCUT2D eigenvalue weighted by Crippen LogP contribution is -2.14. The van der Waals surface area contributed by atoms with E-state index in [1.54, 1.807) is 0 Å².